The number of anilines is 2. The summed E-state index contributed by atoms with van der Waals surface area (Å²) >= 11 is 1.24. The van der Waals surface area contributed by atoms with Gasteiger partial charge in [-0.25, -0.2) is 3.96 Å². The molecule has 128 valence electrons. The zero-order chi connectivity index (χ0) is 17.8. The van der Waals surface area contributed by atoms with Crippen molar-refractivity contribution in [1.29, 1.82) is 0 Å². The molecule has 3 aromatic rings. The highest BCUT2D eigenvalue weighted by molar-refractivity contribution is 7.11. The third-order valence-corrected chi connectivity index (χ3v) is 4.58. The molecule has 0 atom stereocenters. The second kappa shape index (κ2) is 7.18. The Morgan fingerprint density at radius 3 is 2.40 bits per heavy atom. The number of hydrogen-bond acceptors (Lipinski definition) is 6. The third-order valence-electron chi connectivity index (χ3n) is 3.53. The van der Waals surface area contributed by atoms with Crippen LogP contribution >= 0.6 is 11.5 Å². The lowest BCUT2D eigenvalue weighted by atomic mass is 10.3. The normalized spacial score (nSPS) is 11.4. The molecule has 1 heterocycles. The Labute approximate surface area is 148 Å². The first-order valence-corrected chi connectivity index (χ1v) is 8.21. The Bertz CT molecular complexity index is 946. The molecule has 0 fully saturated rings. The molecule has 7 nitrogen and oxygen atoms in total. The molecule has 0 radical (unpaired) electrons. The zero-order valence-electron chi connectivity index (χ0n) is 13.7. The minimum Gasteiger partial charge on any atom is -0.497 e. The molecule has 0 aliphatic rings. The van der Waals surface area contributed by atoms with Crippen LogP contribution in [0.1, 0.15) is 0 Å². The fourth-order valence-electron chi connectivity index (χ4n) is 2.36. The van der Waals surface area contributed by atoms with Gasteiger partial charge in [0.15, 0.2) is 5.00 Å². The number of hydrogen-bond donors (Lipinski definition) is 1. The van der Waals surface area contributed by atoms with Gasteiger partial charge in [-0.05, 0) is 47.9 Å². The maximum atomic E-state index is 11.6. The van der Waals surface area contributed by atoms with Gasteiger partial charge in [0.2, 0.25) is 5.49 Å². The van der Waals surface area contributed by atoms with Gasteiger partial charge in [0, 0.05) is 12.7 Å². The van der Waals surface area contributed by atoms with Crippen molar-refractivity contribution in [2.75, 3.05) is 19.5 Å². The summed E-state index contributed by atoms with van der Waals surface area (Å²) in [6, 6.07) is 16.6. The molecule has 1 N–H and O–H groups in total. The molecule has 0 aliphatic carbocycles. The Balaban J connectivity index is 2.09. The predicted octanol–water partition coefficient (Wildman–Crippen LogP) is 3.73. The predicted molar refractivity (Wildman–Crippen MR) is 98.1 cm³/mol. The first kappa shape index (κ1) is 16.7. The molecule has 0 aliphatic heterocycles. The lowest BCUT2D eigenvalue weighted by molar-refractivity contribution is -0.385. The molecule has 0 amide bonds. The van der Waals surface area contributed by atoms with Gasteiger partial charge < -0.3 is 10.1 Å². The summed E-state index contributed by atoms with van der Waals surface area (Å²) < 4.78 is 6.87. The van der Waals surface area contributed by atoms with Crippen molar-refractivity contribution in [3.05, 3.63) is 70.2 Å². The van der Waals surface area contributed by atoms with Crippen LogP contribution in [0.15, 0.2) is 59.6 Å². The number of methoxy groups -OCH3 is 1. The van der Waals surface area contributed by atoms with Crippen LogP contribution in [0.2, 0.25) is 0 Å². The lowest BCUT2D eigenvalue weighted by Crippen LogP contribution is -2.16. The lowest BCUT2D eigenvalue weighted by Gasteiger charge is -2.04. The Morgan fingerprint density at radius 1 is 1.16 bits per heavy atom. The van der Waals surface area contributed by atoms with E-state index >= 15 is 0 Å². The van der Waals surface area contributed by atoms with E-state index in [1.54, 1.807) is 42.4 Å². The highest BCUT2D eigenvalue weighted by atomic mass is 32.1. The van der Waals surface area contributed by atoms with Crippen LogP contribution in [0.25, 0.3) is 5.69 Å². The van der Waals surface area contributed by atoms with E-state index in [9.17, 15) is 10.1 Å². The van der Waals surface area contributed by atoms with Crippen LogP contribution in [0.4, 0.5) is 16.4 Å². The molecule has 25 heavy (non-hydrogen) atoms. The van der Waals surface area contributed by atoms with E-state index < -0.39 is 4.92 Å². The van der Waals surface area contributed by atoms with Crippen molar-refractivity contribution >= 4 is 27.9 Å². The van der Waals surface area contributed by atoms with E-state index in [1.165, 1.54) is 11.5 Å². The van der Waals surface area contributed by atoms with Gasteiger partial charge in [0.25, 0.3) is 0 Å². The standard InChI is InChI=1S/C17H16N4O3S/c1-18-16-15(21(22)23)17(19-12-8-10-14(24-2)11-9-12)25-20(16)13-6-4-3-5-7-13/h3-11,19H,1-2H3. The highest BCUT2D eigenvalue weighted by Gasteiger charge is 2.24. The molecule has 0 saturated carbocycles. The number of aromatic nitrogens is 1. The van der Waals surface area contributed by atoms with Crippen LogP contribution in [0, 0.1) is 10.1 Å². The molecule has 1 aromatic heterocycles. The summed E-state index contributed by atoms with van der Waals surface area (Å²) in [5, 5.41) is 15.1. The molecule has 0 spiro atoms. The van der Waals surface area contributed by atoms with Crippen LogP contribution in [0.5, 0.6) is 5.75 Å². The van der Waals surface area contributed by atoms with Gasteiger partial charge >= 0.3 is 5.69 Å². The SMILES string of the molecule is CN=c1c([N+](=O)[O-])c(Nc2ccc(OC)cc2)sn1-c1ccccc1. The summed E-state index contributed by atoms with van der Waals surface area (Å²) in [6.07, 6.45) is 0. The van der Waals surface area contributed by atoms with Crippen molar-refractivity contribution in [1.82, 2.24) is 3.96 Å². The van der Waals surface area contributed by atoms with Crippen LogP contribution < -0.4 is 15.5 Å². The summed E-state index contributed by atoms with van der Waals surface area (Å²) in [5.41, 5.74) is 1.80. The number of benzene rings is 2. The molecule has 0 saturated heterocycles. The maximum absolute atomic E-state index is 11.6. The van der Waals surface area contributed by atoms with Gasteiger partial charge in [-0.15, -0.1) is 0 Å². The second-order valence-electron chi connectivity index (χ2n) is 5.06. The van der Waals surface area contributed by atoms with E-state index in [0.717, 1.165) is 17.1 Å². The van der Waals surface area contributed by atoms with Crippen molar-refractivity contribution in [2.24, 2.45) is 4.99 Å². The largest absolute Gasteiger partial charge is 0.497 e. The summed E-state index contributed by atoms with van der Waals surface area (Å²) in [7, 11) is 3.13. The quantitative estimate of drug-likeness (QED) is 0.558. The zero-order valence-corrected chi connectivity index (χ0v) is 14.5. The van der Waals surface area contributed by atoms with Gasteiger partial charge in [-0.3, -0.25) is 15.1 Å². The topological polar surface area (TPSA) is 81.7 Å². The van der Waals surface area contributed by atoms with Crippen molar-refractivity contribution in [2.45, 2.75) is 0 Å². The highest BCUT2D eigenvalue weighted by Crippen LogP contribution is 2.32. The maximum Gasteiger partial charge on any atom is 0.347 e. The molecule has 8 heteroatoms. The summed E-state index contributed by atoms with van der Waals surface area (Å²) in [6.45, 7) is 0. The van der Waals surface area contributed by atoms with Gasteiger partial charge in [-0.2, -0.15) is 0 Å². The van der Waals surface area contributed by atoms with Gasteiger partial charge in [-0.1, -0.05) is 18.2 Å². The molecular formula is C17H16N4O3S. The second-order valence-corrected chi connectivity index (χ2v) is 6.01. The number of rotatable bonds is 5. The van der Waals surface area contributed by atoms with Crippen LogP contribution in [-0.4, -0.2) is 23.0 Å². The average Bonchev–Trinajstić information content (AvgIpc) is 3.01. The number of ether oxygens (including phenoxy) is 1. The van der Waals surface area contributed by atoms with Crippen LogP contribution in [0.3, 0.4) is 0 Å². The summed E-state index contributed by atoms with van der Waals surface area (Å²) in [5.74, 6) is 0.717. The van der Waals surface area contributed by atoms with Gasteiger partial charge in [0.05, 0.1) is 17.7 Å². The first-order valence-electron chi connectivity index (χ1n) is 7.44. The van der Waals surface area contributed by atoms with E-state index in [4.69, 9.17) is 4.74 Å². The minimum atomic E-state index is -0.413. The van der Waals surface area contributed by atoms with Crippen LogP contribution in [-0.2, 0) is 0 Å². The number of para-hydroxylation sites is 1. The number of nitrogens with zero attached hydrogens (tertiary/aromatic N) is 3. The molecule has 3 rings (SSSR count). The fourth-order valence-corrected chi connectivity index (χ4v) is 3.44. The van der Waals surface area contributed by atoms with Crippen molar-refractivity contribution in [3.8, 4) is 11.4 Å². The van der Waals surface area contributed by atoms with E-state index in [2.05, 4.69) is 10.3 Å². The first-order chi connectivity index (χ1) is 12.1. The van der Waals surface area contributed by atoms with Gasteiger partial charge in [0.1, 0.15) is 5.75 Å². The van der Waals surface area contributed by atoms with E-state index in [0.29, 0.717) is 10.5 Å². The molecular weight excluding hydrogens is 340 g/mol. The molecule has 0 bridgehead atoms. The Morgan fingerprint density at radius 2 is 1.84 bits per heavy atom. The number of nitro groups is 1. The van der Waals surface area contributed by atoms with Crippen molar-refractivity contribution < 1.29 is 9.66 Å². The molecule has 0 unspecified atom stereocenters. The van der Waals surface area contributed by atoms with E-state index in [-0.39, 0.29) is 5.69 Å². The smallest absolute Gasteiger partial charge is 0.347 e. The Hall–Kier alpha value is -3.13. The fraction of sp³-hybridized carbons (Fsp3) is 0.118. The van der Waals surface area contributed by atoms with Crippen molar-refractivity contribution in [3.63, 3.8) is 0 Å². The minimum absolute atomic E-state index is 0.0489. The molecule has 2 aromatic carbocycles. The number of nitrogens with one attached hydrogen (secondary N) is 1. The monoisotopic (exact) mass is 356 g/mol. The Kier molecular flexibility index (Phi) is 4.80. The van der Waals surface area contributed by atoms with E-state index in [1.807, 2.05) is 30.3 Å². The average molecular weight is 356 g/mol. The third kappa shape index (κ3) is 3.38. The summed E-state index contributed by atoms with van der Waals surface area (Å²) in [4.78, 5) is 15.3.